The highest BCUT2D eigenvalue weighted by Gasteiger charge is 2.36. The van der Waals surface area contributed by atoms with Crippen LogP contribution in [-0.2, 0) is 10.7 Å². The van der Waals surface area contributed by atoms with Gasteiger partial charge in [-0.2, -0.15) is 0 Å². The predicted octanol–water partition coefficient (Wildman–Crippen LogP) is 3.25. The van der Waals surface area contributed by atoms with E-state index in [4.69, 9.17) is 0 Å². The van der Waals surface area contributed by atoms with Crippen molar-refractivity contribution in [2.45, 2.75) is 43.9 Å². The molecule has 102 valence electrons. The highest BCUT2D eigenvalue weighted by Crippen LogP contribution is 2.38. The molecule has 18 heavy (non-hydrogen) atoms. The molecule has 1 heterocycles. The lowest BCUT2D eigenvalue weighted by atomic mass is 10.2. The molecule has 1 unspecified atom stereocenters. The van der Waals surface area contributed by atoms with Crippen molar-refractivity contribution in [2.24, 2.45) is 4.03 Å². The van der Waals surface area contributed by atoms with Crippen LogP contribution >= 0.6 is 0 Å². The topological polar surface area (TPSA) is 48.3 Å². The van der Waals surface area contributed by atoms with Crippen molar-refractivity contribution >= 4 is 18.9 Å². The SMILES string of the molecule is CC(C)(C)[Si](C)(C)N=S(CF)c1ncccc1[O-]. The Morgan fingerprint density at radius 3 is 2.50 bits per heavy atom. The molecule has 0 aliphatic carbocycles. The lowest BCUT2D eigenvalue weighted by molar-refractivity contribution is -0.273. The highest BCUT2D eigenvalue weighted by molar-refractivity contribution is 7.88. The van der Waals surface area contributed by atoms with E-state index in [1.165, 1.54) is 12.3 Å². The van der Waals surface area contributed by atoms with E-state index in [2.05, 4.69) is 42.9 Å². The number of hydrogen-bond acceptors (Lipinski definition) is 3. The van der Waals surface area contributed by atoms with Crippen LogP contribution in [0, 0.1) is 0 Å². The second-order valence-corrected chi connectivity index (χ2v) is 12.4. The van der Waals surface area contributed by atoms with Gasteiger partial charge >= 0.3 is 0 Å². The van der Waals surface area contributed by atoms with Crippen LogP contribution in [0.2, 0.25) is 18.1 Å². The van der Waals surface area contributed by atoms with Crippen LogP contribution in [0.4, 0.5) is 4.39 Å². The van der Waals surface area contributed by atoms with Crippen molar-refractivity contribution in [3.8, 4) is 5.75 Å². The Labute approximate surface area is 112 Å². The predicted molar refractivity (Wildman–Crippen MR) is 74.9 cm³/mol. The summed E-state index contributed by atoms with van der Waals surface area (Å²) in [7, 11) is -3.00. The number of rotatable bonds is 3. The molecule has 0 amide bonds. The molecule has 1 aromatic heterocycles. The second kappa shape index (κ2) is 5.48. The molecule has 6 heteroatoms. The largest absolute Gasteiger partial charge is 0.871 e. The van der Waals surface area contributed by atoms with Gasteiger partial charge in [-0.15, -0.1) is 0 Å². The lowest BCUT2D eigenvalue weighted by Crippen LogP contribution is -2.36. The zero-order valence-corrected chi connectivity index (χ0v) is 13.3. The van der Waals surface area contributed by atoms with E-state index in [0.29, 0.717) is 0 Å². The first-order valence-electron chi connectivity index (χ1n) is 5.81. The van der Waals surface area contributed by atoms with Gasteiger partial charge in [-0.3, -0.25) is 4.03 Å². The summed E-state index contributed by atoms with van der Waals surface area (Å²) in [6, 6.07) is 2.34. The fourth-order valence-corrected chi connectivity index (χ4v) is 5.51. The van der Waals surface area contributed by atoms with Crippen LogP contribution in [0.15, 0.2) is 27.4 Å². The third kappa shape index (κ3) is 3.38. The van der Waals surface area contributed by atoms with E-state index in [0.717, 1.165) is 0 Å². The van der Waals surface area contributed by atoms with E-state index < -0.39 is 24.9 Å². The third-order valence-electron chi connectivity index (χ3n) is 3.24. The van der Waals surface area contributed by atoms with Crippen LogP contribution in [0.5, 0.6) is 5.75 Å². The maximum Gasteiger partial charge on any atom is 0.190 e. The number of alkyl halides is 1. The minimum atomic E-state index is -1.98. The van der Waals surface area contributed by atoms with E-state index in [-0.39, 0.29) is 15.8 Å². The standard InChI is InChI=1S/C12H21FN2OSSi/c1-12(2,3)18(4,5)15-17(9-13)11-10(16)7-6-8-14-11/h6-8,16H,9H2,1-5H3/p-1. The average Bonchev–Trinajstić information content (AvgIpc) is 2.25. The molecular formula is C12H20FN2OSSi-. The van der Waals surface area contributed by atoms with Crippen LogP contribution < -0.4 is 5.11 Å². The van der Waals surface area contributed by atoms with E-state index in [9.17, 15) is 9.50 Å². The third-order valence-corrected chi connectivity index (χ3v) is 10.6. The van der Waals surface area contributed by atoms with Crippen LogP contribution in [0.3, 0.4) is 0 Å². The summed E-state index contributed by atoms with van der Waals surface area (Å²) >= 11 is 0. The van der Waals surface area contributed by atoms with Gasteiger partial charge in [0.2, 0.25) is 0 Å². The number of halogens is 1. The summed E-state index contributed by atoms with van der Waals surface area (Å²) in [4.78, 5) is 4.00. The first-order chi connectivity index (χ1) is 8.19. The van der Waals surface area contributed by atoms with Gasteiger partial charge in [0.25, 0.3) is 0 Å². The molecule has 0 aromatic carbocycles. The first-order valence-corrected chi connectivity index (χ1v) is 10.1. The Kier molecular flexibility index (Phi) is 4.66. The first kappa shape index (κ1) is 15.3. The van der Waals surface area contributed by atoms with Crippen LogP contribution in [-0.4, -0.2) is 19.2 Å². The quantitative estimate of drug-likeness (QED) is 0.801. The zero-order valence-electron chi connectivity index (χ0n) is 11.5. The van der Waals surface area contributed by atoms with Gasteiger partial charge in [-0.25, -0.2) is 9.37 Å². The maximum absolute atomic E-state index is 13.2. The Morgan fingerprint density at radius 2 is 2.06 bits per heavy atom. The van der Waals surface area contributed by atoms with Gasteiger partial charge in [0.1, 0.15) is 5.03 Å². The van der Waals surface area contributed by atoms with Crippen LogP contribution in [0.25, 0.3) is 0 Å². The van der Waals surface area contributed by atoms with Crippen LogP contribution in [0.1, 0.15) is 20.8 Å². The summed E-state index contributed by atoms with van der Waals surface area (Å²) in [5.74, 6) is -0.221. The molecular weight excluding hydrogens is 267 g/mol. The Hall–Kier alpha value is -0.753. The van der Waals surface area contributed by atoms with Gasteiger partial charge in [0, 0.05) is 6.20 Å². The number of nitrogens with zero attached hydrogens (tertiary/aromatic N) is 2. The van der Waals surface area contributed by atoms with Crippen molar-refractivity contribution in [2.75, 3.05) is 6.01 Å². The minimum Gasteiger partial charge on any atom is -0.871 e. The maximum atomic E-state index is 13.2. The van der Waals surface area contributed by atoms with Crippen molar-refractivity contribution in [3.63, 3.8) is 0 Å². The molecule has 0 saturated heterocycles. The molecule has 3 nitrogen and oxygen atoms in total. The van der Waals surface area contributed by atoms with Gasteiger partial charge in [0.05, 0.1) is 0 Å². The summed E-state index contributed by atoms with van der Waals surface area (Å²) in [5, 5.41) is 12.0. The summed E-state index contributed by atoms with van der Waals surface area (Å²) < 4.78 is 17.9. The molecule has 1 aromatic rings. The van der Waals surface area contributed by atoms with E-state index in [1.807, 2.05) is 0 Å². The Morgan fingerprint density at radius 1 is 1.44 bits per heavy atom. The smallest absolute Gasteiger partial charge is 0.190 e. The monoisotopic (exact) mass is 287 g/mol. The van der Waals surface area contributed by atoms with Crippen molar-refractivity contribution in [1.29, 1.82) is 0 Å². The molecule has 0 fully saturated rings. The van der Waals surface area contributed by atoms with Gasteiger partial charge in [0.15, 0.2) is 14.2 Å². The van der Waals surface area contributed by atoms with E-state index in [1.54, 1.807) is 6.07 Å². The molecule has 0 spiro atoms. The van der Waals surface area contributed by atoms with Gasteiger partial charge in [-0.1, -0.05) is 32.6 Å². The highest BCUT2D eigenvalue weighted by atomic mass is 32.2. The van der Waals surface area contributed by atoms with Crippen molar-refractivity contribution in [1.82, 2.24) is 4.98 Å². The number of aromatic nitrogens is 1. The summed E-state index contributed by atoms with van der Waals surface area (Å²) in [6.45, 7) is 10.5. The normalized spacial score (nSPS) is 14.8. The number of hydrogen-bond donors (Lipinski definition) is 0. The molecule has 1 atom stereocenters. The average molecular weight is 287 g/mol. The Bertz CT molecular complexity index is 458. The Balaban J connectivity index is 3.24. The summed E-state index contributed by atoms with van der Waals surface area (Å²) in [5.41, 5.74) is 0. The van der Waals surface area contributed by atoms with Crippen molar-refractivity contribution in [3.05, 3.63) is 18.3 Å². The summed E-state index contributed by atoms with van der Waals surface area (Å²) in [6.07, 6.45) is 1.52. The fourth-order valence-electron chi connectivity index (χ4n) is 1.08. The molecule has 0 radical (unpaired) electrons. The lowest BCUT2D eigenvalue weighted by Gasteiger charge is -2.33. The fraction of sp³-hybridized carbons (Fsp3) is 0.583. The van der Waals surface area contributed by atoms with Crippen molar-refractivity contribution < 1.29 is 9.50 Å². The van der Waals surface area contributed by atoms with E-state index >= 15 is 0 Å². The minimum absolute atomic E-state index is 0.0330. The van der Waals surface area contributed by atoms with Gasteiger partial charge in [-0.05, 0) is 34.9 Å². The molecule has 0 bridgehead atoms. The number of pyridine rings is 1. The molecule has 0 aliphatic heterocycles. The molecule has 0 N–H and O–H groups in total. The molecule has 1 rings (SSSR count). The second-order valence-electron chi connectivity index (χ2n) is 5.68. The molecule has 0 saturated carbocycles. The zero-order chi connectivity index (χ0) is 14.0. The van der Waals surface area contributed by atoms with Gasteiger partial charge < -0.3 is 5.11 Å². The molecule has 0 aliphatic rings.